The standard InChI is InChI=1S/C12H16N4S/c13-11-1-4-14-12-10(8-15-16(11)12)7-9-2-5-17-6-3-9/h1,4,8-9H,2-3,5-7,13H2. The van der Waals surface area contributed by atoms with Gasteiger partial charge in [0.15, 0.2) is 5.65 Å². The summed E-state index contributed by atoms with van der Waals surface area (Å²) in [5, 5.41) is 4.31. The molecule has 4 nitrogen and oxygen atoms in total. The first-order chi connectivity index (χ1) is 8.34. The number of nitrogen functional groups attached to an aromatic ring is 1. The van der Waals surface area contributed by atoms with Gasteiger partial charge < -0.3 is 5.73 Å². The molecule has 5 heteroatoms. The van der Waals surface area contributed by atoms with Crippen LogP contribution in [-0.2, 0) is 6.42 Å². The number of nitrogens with two attached hydrogens (primary N) is 1. The molecule has 0 radical (unpaired) electrons. The van der Waals surface area contributed by atoms with Crippen molar-refractivity contribution in [3.63, 3.8) is 0 Å². The Labute approximate surface area is 105 Å². The third-order valence-corrected chi connectivity index (χ3v) is 4.40. The minimum Gasteiger partial charge on any atom is -0.384 e. The Hall–Kier alpha value is -1.23. The van der Waals surface area contributed by atoms with E-state index in [0.717, 1.165) is 18.0 Å². The molecule has 0 unspecified atom stereocenters. The van der Waals surface area contributed by atoms with Crippen molar-refractivity contribution in [1.29, 1.82) is 0 Å². The third kappa shape index (κ3) is 2.11. The molecule has 0 bridgehead atoms. The van der Waals surface area contributed by atoms with Gasteiger partial charge in [-0.25, -0.2) is 4.98 Å². The molecule has 2 N–H and O–H groups in total. The summed E-state index contributed by atoms with van der Waals surface area (Å²) in [6.45, 7) is 0. The number of thioether (sulfide) groups is 1. The average Bonchev–Trinajstić information content (AvgIpc) is 2.76. The Bertz CT molecular complexity index is 516. The molecule has 0 atom stereocenters. The molecule has 0 saturated carbocycles. The highest BCUT2D eigenvalue weighted by Crippen LogP contribution is 2.27. The lowest BCUT2D eigenvalue weighted by atomic mass is 9.95. The fourth-order valence-corrected chi connectivity index (χ4v) is 3.57. The second-order valence-corrected chi connectivity index (χ2v) is 5.76. The lowest BCUT2D eigenvalue weighted by molar-refractivity contribution is 0.489. The van der Waals surface area contributed by atoms with Gasteiger partial charge in [0.1, 0.15) is 5.82 Å². The van der Waals surface area contributed by atoms with Crippen molar-refractivity contribution in [3.8, 4) is 0 Å². The van der Waals surface area contributed by atoms with Crippen LogP contribution in [0.3, 0.4) is 0 Å². The number of hydrogen-bond donors (Lipinski definition) is 1. The molecular weight excluding hydrogens is 232 g/mol. The van der Waals surface area contributed by atoms with Gasteiger partial charge >= 0.3 is 0 Å². The fourth-order valence-electron chi connectivity index (χ4n) is 2.36. The molecule has 3 heterocycles. The van der Waals surface area contributed by atoms with E-state index in [1.165, 1.54) is 29.9 Å². The van der Waals surface area contributed by atoms with Crippen LogP contribution in [0, 0.1) is 5.92 Å². The molecule has 1 fully saturated rings. The van der Waals surface area contributed by atoms with Crippen LogP contribution in [0.1, 0.15) is 18.4 Å². The molecule has 0 aromatic carbocycles. The van der Waals surface area contributed by atoms with Gasteiger partial charge in [-0.05, 0) is 42.8 Å². The van der Waals surface area contributed by atoms with Crippen LogP contribution < -0.4 is 5.73 Å². The lowest BCUT2D eigenvalue weighted by Gasteiger charge is -2.20. The highest BCUT2D eigenvalue weighted by atomic mass is 32.2. The fraction of sp³-hybridized carbons (Fsp3) is 0.500. The van der Waals surface area contributed by atoms with Crippen LogP contribution >= 0.6 is 11.8 Å². The molecule has 2 aromatic rings. The van der Waals surface area contributed by atoms with Crippen molar-refractivity contribution >= 4 is 23.2 Å². The zero-order chi connectivity index (χ0) is 11.7. The summed E-state index contributed by atoms with van der Waals surface area (Å²) < 4.78 is 1.73. The number of aromatic nitrogens is 3. The van der Waals surface area contributed by atoms with Crippen LogP contribution in [-0.4, -0.2) is 26.1 Å². The van der Waals surface area contributed by atoms with E-state index in [4.69, 9.17) is 5.73 Å². The van der Waals surface area contributed by atoms with E-state index in [1.807, 2.05) is 6.20 Å². The monoisotopic (exact) mass is 248 g/mol. The summed E-state index contributed by atoms with van der Waals surface area (Å²) in [5.41, 5.74) is 8.01. The van der Waals surface area contributed by atoms with Gasteiger partial charge in [-0.2, -0.15) is 21.4 Å². The SMILES string of the molecule is Nc1ccnc2c(CC3CCSCC3)cnn12. The Morgan fingerprint density at radius 3 is 3.06 bits per heavy atom. The van der Waals surface area contributed by atoms with Gasteiger partial charge in [0.2, 0.25) is 0 Å². The number of fused-ring (bicyclic) bond motifs is 1. The second kappa shape index (κ2) is 4.56. The van der Waals surface area contributed by atoms with E-state index in [9.17, 15) is 0 Å². The maximum atomic E-state index is 5.86. The molecule has 2 aromatic heterocycles. The quantitative estimate of drug-likeness (QED) is 0.883. The molecule has 3 rings (SSSR count). The van der Waals surface area contributed by atoms with Crippen molar-refractivity contribution in [2.24, 2.45) is 5.92 Å². The molecule has 0 aliphatic carbocycles. The molecule has 1 aliphatic rings. The normalized spacial score (nSPS) is 17.6. The van der Waals surface area contributed by atoms with E-state index in [2.05, 4.69) is 21.8 Å². The summed E-state index contributed by atoms with van der Waals surface area (Å²) in [7, 11) is 0. The molecule has 1 aliphatic heterocycles. The summed E-state index contributed by atoms with van der Waals surface area (Å²) in [6.07, 6.45) is 7.38. The first kappa shape index (κ1) is 10.9. The lowest BCUT2D eigenvalue weighted by Crippen LogP contribution is -2.12. The minimum absolute atomic E-state index is 0.653. The van der Waals surface area contributed by atoms with Gasteiger partial charge in [0, 0.05) is 11.8 Å². The van der Waals surface area contributed by atoms with Gasteiger partial charge in [-0.15, -0.1) is 0 Å². The van der Waals surface area contributed by atoms with Crippen LogP contribution in [0.2, 0.25) is 0 Å². The summed E-state index contributed by atoms with van der Waals surface area (Å²) in [6, 6.07) is 1.78. The van der Waals surface area contributed by atoms with Crippen molar-refractivity contribution < 1.29 is 0 Å². The minimum atomic E-state index is 0.653. The topological polar surface area (TPSA) is 56.2 Å². The first-order valence-electron chi connectivity index (χ1n) is 5.99. The van der Waals surface area contributed by atoms with Crippen LogP contribution in [0.4, 0.5) is 5.82 Å². The van der Waals surface area contributed by atoms with Gasteiger partial charge in [-0.1, -0.05) is 0 Å². The molecule has 0 spiro atoms. The summed E-state index contributed by atoms with van der Waals surface area (Å²) >= 11 is 2.06. The van der Waals surface area contributed by atoms with Crippen LogP contribution in [0.15, 0.2) is 18.5 Å². The molecule has 90 valence electrons. The Balaban J connectivity index is 1.87. The van der Waals surface area contributed by atoms with E-state index in [-0.39, 0.29) is 0 Å². The second-order valence-electron chi connectivity index (χ2n) is 4.53. The summed E-state index contributed by atoms with van der Waals surface area (Å²) in [5.74, 6) is 4.02. The average molecular weight is 248 g/mol. The van der Waals surface area contributed by atoms with Gasteiger partial charge in [0.05, 0.1) is 6.20 Å². The van der Waals surface area contributed by atoms with Crippen molar-refractivity contribution in [2.75, 3.05) is 17.2 Å². The predicted molar refractivity (Wildman–Crippen MR) is 71.2 cm³/mol. The largest absolute Gasteiger partial charge is 0.384 e. The molecule has 0 amide bonds. The van der Waals surface area contributed by atoms with Gasteiger partial charge in [-0.3, -0.25) is 0 Å². The van der Waals surface area contributed by atoms with Gasteiger partial charge in [0.25, 0.3) is 0 Å². The zero-order valence-electron chi connectivity index (χ0n) is 9.67. The third-order valence-electron chi connectivity index (χ3n) is 3.35. The smallest absolute Gasteiger partial charge is 0.160 e. The van der Waals surface area contributed by atoms with Crippen molar-refractivity contribution in [3.05, 3.63) is 24.0 Å². The number of nitrogens with zero attached hydrogens (tertiary/aromatic N) is 3. The Kier molecular flexibility index (Phi) is 2.93. The highest BCUT2D eigenvalue weighted by molar-refractivity contribution is 7.99. The zero-order valence-corrected chi connectivity index (χ0v) is 10.5. The maximum Gasteiger partial charge on any atom is 0.160 e. The van der Waals surface area contributed by atoms with Crippen LogP contribution in [0.25, 0.3) is 5.65 Å². The number of rotatable bonds is 2. The number of anilines is 1. The van der Waals surface area contributed by atoms with Crippen LogP contribution in [0.5, 0.6) is 0 Å². The molecule has 17 heavy (non-hydrogen) atoms. The Morgan fingerprint density at radius 2 is 2.24 bits per heavy atom. The van der Waals surface area contributed by atoms with E-state index >= 15 is 0 Å². The highest BCUT2D eigenvalue weighted by Gasteiger charge is 2.17. The van der Waals surface area contributed by atoms with Crippen molar-refractivity contribution in [1.82, 2.24) is 14.6 Å². The maximum absolute atomic E-state index is 5.86. The first-order valence-corrected chi connectivity index (χ1v) is 7.15. The number of hydrogen-bond acceptors (Lipinski definition) is 4. The Morgan fingerprint density at radius 1 is 1.41 bits per heavy atom. The summed E-state index contributed by atoms with van der Waals surface area (Å²) in [4.78, 5) is 4.38. The van der Waals surface area contributed by atoms with E-state index in [1.54, 1.807) is 16.8 Å². The van der Waals surface area contributed by atoms with E-state index in [0.29, 0.717) is 5.82 Å². The molecule has 1 saturated heterocycles. The van der Waals surface area contributed by atoms with Crippen molar-refractivity contribution in [2.45, 2.75) is 19.3 Å². The predicted octanol–water partition coefficient (Wildman–Crippen LogP) is 2.00. The molecular formula is C12H16N4S. The van der Waals surface area contributed by atoms with E-state index < -0.39 is 0 Å².